The van der Waals surface area contributed by atoms with Gasteiger partial charge in [0.2, 0.25) is 0 Å². The molecule has 0 fully saturated rings. The second-order valence-electron chi connectivity index (χ2n) is 3.67. The minimum absolute atomic E-state index is 0.984. The minimum Gasteiger partial charge on any atom is -0.120 e. The highest BCUT2D eigenvalue weighted by molar-refractivity contribution is 5.74. The van der Waals surface area contributed by atoms with E-state index in [-0.39, 0.29) is 0 Å². The molecule has 1 aliphatic rings. The summed E-state index contributed by atoms with van der Waals surface area (Å²) < 4.78 is 0. The molecule has 0 spiro atoms. The lowest BCUT2D eigenvalue weighted by Crippen LogP contribution is -1.82. The highest BCUT2D eigenvalue weighted by Crippen LogP contribution is 2.17. The van der Waals surface area contributed by atoms with E-state index < -0.39 is 0 Å². The van der Waals surface area contributed by atoms with Crippen LogP contribution < -0.4 is 0 Å². The first kappa shape index (κ1) is 9.76. The number of allylic oxidation sites excluding steroid dienone is 5. The Hall–Kier alpha value is -1.78. The van der Waals surface area contributed by atoms with Gasteiger partial charge < -0.3 is 0 Å². The third-order valence-corrected chi connectivity index (χ3v) is 2.43. The smallest absolute Gasteiger partial charge is 0.0124 e. The van der Waals surface area contributed by atoms with Crippen molar-refractivity contribution in [1.82, 2.24) is 0 Å². The van der Waals surface area contributed by atoms with Gasteiger partial charge in [0.1, 0.15) is 0 Å². The van der Waals surface area contributed by atoms with E-state index in [0.717, 1.165) is 6.42 Å². The Labute approximate surface area is 91.0 Å². The predicted molar refractivity (Wildman–Crippen MR) is 65.6 cm³/mol. The lowest BCUT2D eigenvalue weighted by atomic mass is 10.0. The fourth-order valence-electron chi connectivity index (χ4n) is 1.54. The Morgan fingerprint density at radius 1 is 1.13 bits per heavy atom. The van der Waals surface area contributed by atoms with Crippen molar-refractivity contribution >= 4 is 5.57 Å². The first-order chi connectivity index (χ1) is 7.36. The number of aryl methyl sites for hydroxylation is 1. The summed E-state index contributed by atoms with van der Waals surface area (Å²) in [6.45, 7) is 2.11. The van der Waals surface area contributed by atoms with Crippen molar-refractivity contribution in [2.45, 2.75) is 13.3 Å². The van der Waals surface area contributed by atoms with Crippen molar-refractivity contribution in [1.29, 1.82) is 0 Å². The maximum absolute atomic E-state index is 3.15. The molecule has 2 rings (SSSR count). The van der Waals surface area contributed by atoms with Crippen molar-refractivity contribution in [3.63, 3.8) is 0 Å². The Morgan fingerprint density at radius 3 is 2.73 bits per heavy atom. The van der Waals surface area contributed by atoms with Gasteiger partial charge in [-0.25, -0.2) is 0 Å². The van der Waals surface area contributed by atoms with Crippen LogP contribution in [0.25, 0.3) is 5.57 Å². The third kappa shape index (κ3) is 2.59. The highest BCUT2D eigenvalue weighted by Gasteiger charge is 1.96. The normalized spacial score (nSPS) is 20.2. The minimum atomic E-state index is 0.984. The summed E-state index contributed by atoms with van der Waals surface area (Å²) in [6.07, 6.45) is 11.3. The Kier molecular flexibility index (Phi) is 3.02. The van der Waals surface area contributed by atoms with Gasteiger partial charge >= 0.3 is 0 Å². The molecule has 15 heavy (non-hydrogen) atoms. The predicted octanol–water partition coefficient (Wildman–Crippen LogP) is 4.05. The standard InChI is InChI=1S/C15H14/c1-13-9-11-15(12-10-13)14-7-5-3-2-4-6-8-14/h2-4,7-12H,5H2,1H3/b3-2-,14-7+. The third-order valence-electron chi connectivity index (χ3n) is 2.43. The van der Waals surface area contributed by atoms with E-state index in [2.05, 4.69) is 49.1 Å². The number of rotatable bonds is 1. The average molecular weight is 194 g/mol. The summed E-state index contributed by atoms with van der Waals surface area (Å²) >= 11 is 0. The first-order valence-electron chi connectivity index (χ1n) is 5.21. The van der Waals surface area contributed by atoms with Crippen LogP contribution in [-0.2, 0) is 0 Å². The van der Waals surface area contributed by atoms with Gasteiger partial charge in [0.15, 0.2) is 0 Å². The van der Waals surface area contributed by atoms with Crippen molar-refractivity contribution in [3.8, 4) is 0 Å². The Bertz CT molecular complexity index is 449. The summed E-state index contributed by atoms with van der Waals surface area (Å²) in [7, 11) is 0. The van der Waals surface area contributed by atoms with E-state index >= 15 is 0 Å². The van der Waals surface area contributed by atoms with Gasteiger partial charge in [-0.15, -0.1) is 5.73 Å². The van der Waals surface area contributed by atoms with Crippen LogP contribution in [0.4, 0.5) is 0 Å². The molecule has 0 radical (unpaired) electrons. The maximum atomic E-state index is 3.15. The van der Waals surface area contributed by atoms with Gasteiger partial charge in [-0.1, -0.05) is 48.1 Å². The van der Waals surface area contributed by atoms with Crippen LogP contribution in [0.5, 0.6) is 0 Å². The summed E-state index contributed by atoms with van der Waals surface area (Å²) in [5.41, 5.74) is 6.95. The van der Waals surface area contributed by atoms with Crippen molar-refractivity contribution in [3.05, 3.63) is 71.5 Å². The second-order valence-corrected chi connectivity index (χ2v) is 3.67. The first-order valence-corrected chi connectivity index (χ1v) is 5.21. The Morgan fingerprint density at radius 2 is 1.93 bits per heavy atom. The second kappa shape index (κ2) is 4.63. The topological polar surface area (TPSA) is 0 Å². The van der Waals surface area contributed by atoms with Crippen LogP contribution in [0.15, 0.2) is 60.4 Å². The molecule has 0 aromatic heterocycles. The lowest BCUT2D eigenvalue weighted by Gasteiger charge is -2.02. The molecule has 0 saturated carbocycles. The van der Waals surface area contributed by atoms with Crippen LogP contribution in [0, 0.1) is 6.92 Å². The quantitative estimate of drug-likeness (QED) is 0.592. The SMILES string of the molecule is Cc1ccc(/C2=C/C/C=C\C=C=C2)cc1. The zero-order chi connectivity index (χ0) is 10.5. The zero-order valence-electron chi connectivity index (χ0n) is 8.90. The van der Waals surface area contributed by atoms with Crippen LogP contribution >= 0.6 is 0 Å². The molecule has 0 unspecified atom stereocenters. The van der Waals surface area contributed by atoms with Gasteiger partial charge in [0.05, 0.1) is 0 Å². The summed E-state index contributed by atoms with van der Waals surface area (Å²) in [5.74, 6) is 0. The molecule has 0 N–H and O–H groups in total. The van der Waals surface area contributed by atoms with Crippen LogP contribution in [-0.4, -0.2) is 0 Å². The van der Waals surface area contributed by atoms with E-state index in [1.165, 1.54) is 16.7 Å². The molecule has 0 atom stereocenters. The molecule has 1 aliphatic carbocycles. The molecule has 0 heterocycles. The van der Waals surface area contributed by atoms with E-state index in [9.17, 15) is 0 Å². The molecular weight excluding hydrogens is 180 g/mol. The van der Waals surface area contributed by atoms with Crippen LogP contribution in [0.2, 0.25) is 0 Å². The van der Waals surface area contributed by atoms with Crippen LogP contribution in [0.1, 0.15) is 17.5 Å². The van der Waals surface area contributed by atoms with Gasteiger partial charge in [0, 0.05) is 0 Å². The van der Waals surface area contributed by atoms with Crippen molar-refractivity contribution in [2.24, 2.45) is 0 Å². The van der Waals surface area contributed by atoms with Crippen molar-refractivity contribution < 1.29 is 0 Å². The molecule has 0 heteroatoms. The van der Waals surface area contributed by atoms with Gasteiger partial charge in [0.25, 0.3) is 0 Å². The Balaban J connectivity index is 2.34. The molecule has 1 aromatic rings. The molecule has 74 valence electrons. The number of hydrogen-bond donors (Lipinski definition) is 0. The van der Waals surface area contributed by atoms with Gasteiger partial charge in [-0.3, -0.25) is 0 Å². The summed E-state index contributed by atoms with van der Waals surface area (Å²) in [4.78, 5) is 0. The van der Waals surface area contributed by atoms with E-state index in [1.54, 1.807) is 0 Å². The zero-order valence-corrected chi connectivity index (χ0v) is 8.90. The molecule has 0 aliphatic heterocycles. The van der Waals surface area contributed by atoms with E-state index in [1.807, 2.05) is 18.2 Å². The largest absolute Gasteiger partial charge is 0.120 e. The molecule has 0 bridgehead atoms. The maximum Gasteiger partial charge on any atom is -0.0124 e. The molecule has 0 saturated heterocycles. The monoisotopic (exact) mass is 194 g/mol. The van der Waals surface area contributed by atoms with E-state index in [0.29, 0.717) is 0 Å². The molecule has 0 amide bonds. The average Bonchev–Trinajstić information content (AvgIpc) is 2.19. The summed E-state index contributed by atoms with van der Waals surface area (Å²) in [5, 5.41) is 0. The van der Waals surface area contributed by atoms with Crippen molar-refractivity contribution in [2.75, 3.05) is 0 Å². The summed E-state index contributed by atoms with van der Waals surface area (Å²) in [6, 6.07) is 8.60. The highest BCUT2D eigenvalue weighted by atomic mass is 14.0. The lowest BCUT2D eigenvalue weighted by molar-refractivity contribution is 1.38. The molecule has 1 aromatic carbocycles. The fraction of sp³-hybridized carbons (Fsp3) is 0.133. The fourth-order valence-corrected chi connectivity index (χ4v) is 1.54. The van der Waals surface area contributed by atoms with E-state index in [4.69, 9.17) is 0 Å². The number of hydrogen-bond acceptors (Lipinski definition) is 0. The molecule has 0 nitrogen and oxygen atoms in total. The molecular formula is C15H14. The van der Waals surface area contributed by atoms with Gasteiger partial charge in [-0.2, -0.15) is 0 Å². The number of benzene rings is 1. The van der Waals surface area contributed by atoms with Crippen LogP contribution in [0.3, 0.4) is 0 Å². The van der Waals surface area contributed by atoms with Gasteiger partial charge in [-0.05, 0) is 36.6 Å².